The van der Waals surface area contributed by atoms with E-state index in [4.69, 9.17) is 9.47 Å². The van der Waals surface area contributed by atoms with E-state index in [1.54, 1.807) is 0 Å². The van der Waals surface area contributed by atoms with E-state index in [-0.39, 0.29) is 12.2 Å². The van der Waals surface area contributed by atoms with Crippen molar-refractivity contribution in [2.45, 2.75) is 38.9 Å². The number of para-hydroxylation sites is 1. The summed E-state index contributed by atoms with van der Waals surface area (Å²) in [5, 5.41) is 3.93. The molecule has 0 unspecified atom stereocenters. The van der Waals surface area contributed by atoms with Gasteiger partial charge in [0.2, 0.25) is 0 Å². The van der Waals surface area contributed by atoms with Gasteiger partial charge in [-0.05, 0) is 62.7 Å². The second kappa shape index (κ2) is 9.81. The van der Waals surface area contributed by atoms with Crippen molar-refractivity contribution in [1.29, 1.82) is 0 Å². The van der Waals surface area contributed by atoms with Gasteiger partial charge in [0.15, 0.2) is 0 Å². The molecule has 0 saturated carbocycles. The summed E-state index contributed by atoms with van der Waals surface area (Å²) in [6.45, 7) is 4.31. The van der Waals surface area contributed by atoms with E-state index < -0.39 is 7.92 Å². The molecule has 33 heavy (non-hydrogen) atoms. The van der Waals surface area contributed by atoms with Crippen LogP contribution in [0.1, 0.15) is 26.7 Å². The lowest BCUT2D eigenvalue weighted by atomic mass is 10.0. The molecule has 0 spiro atoms. The van der Waals surface area contributed by atoms with Crippen LogP contribution in [0.2, 0.25) is 0 Å². The van der Waals surface area contributed by atoms with Gasteiger partial charge >= 0.3 is 0 Å². The van der Waals surface area contributed by atoms with E-state index in [2.05, 4.69) is 117 Å². The highest BCUT2D eigenvalue weighted by Crippen LogP contribution is 2.44. The summed E-state index contributed by atoms with van der Waals surface area (Å²) < 4.78 is 13.1. The first-order valence-corrected chi connectivity index (χ1v) is 13.0. The van der Waals surface area contributed by atoms with Crippen LogP contribution in [0.3, 0.4) is 0 Å². The van der Waals surface area contributed by atoms with Crippen LogP contribution in [0.15, 0.2) is 103 Å². The van der Waals surface area contributed by atoms with Crippen molar-refractivity contribution in [3.8, 4) is 22.6 Å². The maximum Gasteiger partial charge on any atom is 0.128 e. The zero-order valence-electron chi connectivity index (χ0n) is 19.1. The molecule has 0 N–H and O–H groups in total. The average molecular weight is 453 g/mol. The first-order chi connectivity index (χ1) is 16.2. The molecule has 4 aromatic rings. The third-order valence-electron chi connectivity index (χ3n) is 6.07. The van der Waals surface area contributed by atoms with Gasteiger partial charge in [-0.1, -0.05) is 91.0 Å². The molecule has 1 heterocycles. The van der Waals surface area contributed by atoms with E-state index in [1.165, 1.54) is 15.9 Å². The van der Waals surface area contributed by atoms with Gasteiger partial charge in [0, 0.05) is 11.1 Å². The van der Waals surface area contributed by atoms with E-state index in [0.29, 0.717) is 0 Å². The van der Waals surface area contributed by atoms with Gasteiger partial charge in [-0.15, -0.1) is 0 Å². The van der Waals surface area contributed by atoms with Crippen molar-refractivity contribution in [1.82, 2.24) is 0 Å². The standard InChI is InChI=1S/C30H29O2P/c1-22-20-21-23(2)32-28-18-11-19-29(30(28)26-16-9-10-17-27(26)31-22)33(24-12-5-3-6-13-24)25-14-7-4-8-15-25/h3-19,22-23H,20-21H2,1-2H3/t22-,23-/m1/s1. The van der Waals surface area contributed by atoms with Gasteiger partial charge in [0.05, 0.1) is 12.2 Å². The SMILES string of the molecule is C[C@@H]1CC[C@@H](C)Oc2cccc(P(c3ccccc3)c3ccccc3)c2-c2ccccc2O1. The molecular formula is C30H29O2P. The van der Waals surface area contributed by atoms with Crippen LogP contribution in [0.5, 0.6) is 11.5 Å². The largest absolute Gasteiger partial charge is 0.490 e. The normalized spacial score (nSPS) is 17.9. The van der Waals surface area contributed by atoms with E-state index in [9.17, 15) is 0 Å². The molecule has 4 aromatic carbocycles. The summed E-state index contributed by atoms with van der Waals surface area (Å²) >= 11 is 0. The zero-order valence-corrected chi connectivity index (χ0v) is 20.0. The Kier molecular flexibility index (Phi) is 6.46. The second-order valence-corrected chi connectivity index (χ2v) is 10.8. The van der Waals surface area contributed by atoms with Crippen LogP contribution >= 0.6 is 7.92 Å². The topological polar surface area (TPSA) is 18.5 Å². The van der Waals surface area contributed by atoms with E-state index in [0.717, 1.165) is 35.5 Å². The maximum absolute atomic E-state index is 6.59. The minimum atomic E-state index is -0.782. The molecule has 0 radical (unpaired) electrons. The smallest absolute Gasteiger partial charge is 0.128 e. The molecular weight excluding hydrogens is 423 g/mol. The van der Waals surface area contributed by atoms with Gasteiger partial charge in [-0.3, -0.25) is 0 Å². The average Bonchev–Trinajstić information content (AvgIpc) is 2.85. The molecule has 5 rings (SSSR count). The molecule has 0 amide bonds. The summed E-state index contributed by atoms with van der Waals surface area (Å²) in [5.74, 6) is 1.86. The van der Waals surface area contributed by atoms with Crippen LogP contribution < -0.4 is 25.4 Å². The Morgan fingerprint density at radius 1 is 0.576 bits per heavy atom. The lowest BCUT2D eigenvalue weighted by Gasteiger charge is -2.28. The first kappa shape index (κ1) is 21.7. The number of hydrogen-bond donors (Lipinski definition) is 0. The van der Waals surface area contributed by atoms with Crippen molar-refractivity contribution in [3.63, 3.8) is 0 Å². The zero-order chi connectivity index (χ0) is 22.6. The summed E-state index contributed by atoms with van der Waals surface area (Å²) in [6.07, 6.45) is 2.18. The maximum atomic E-state index is 6.59. The first-order valence-electron chi connectivity index (χ1n) is 11.7. The van der Waals surface area contributed by atoms with Gasteiger partial charge in [-0.2, -0.15) is 0 Å². The van der Waals surface area contributed by atoms with Crippen LogP contribution in [0, 0.1) is 0 Å². The highest BCUT2D eigenvalue weighted by Gasteiger charge is 2.26. The van der Waals surface area contributed by atoms with Crippen molar-refractivity contribution in [2.75, 3.05) is 0 Å². The Balaban J connectivity index is 1.78. The summed E-state index contributed by atoms with van der Waals surface area (Å²) in [6, 6.07) is 36.6. The van der Waals surface area contributed by atoms with Crippen molar-refractivity contribution < 1.29 is 9.47 Å². The number of ether oxygens (including phenoxy) is 2. The van der Waals surface area contributed by atoms with Crippen LogP contribution in [0.4, 0.5) is 0 Å². The Bertz CT molecular complexity index is 1170. The summed E-state index contributed by atoms with van der Waals surface area (Å²) in [7, 11) is -0.782. The Labute approximate surface area is 198 Å². The Morgan fingerprint density at radius 2 is 1.09 bits per heavy atom. The second-order valence-electron chi connectivity index (χ2n) is 8.59. The Hall–Kier alpha value is -3.09. The molecule has 0 aromatic heterocycles. The predicted molar refractivity (Wildman–Crippen MR) is 140 cm³/mol. The van der Waals surface area contributed by atoms with E-state index >= 15 is 0 Å². The third kappa shape index (κ3) is 4.68. The van der Waals surface area contributed by atoms with Crippen LogP contribution in [0.25, 0.3) is 11.1 Å². The van der Waals surface area contributed by atoms with E-state index in [1.807, 2.05) is 0 Å². The number of fused-ring (bicyclic) bond motifs is 3. The van der Waals surface area contributed by atoms with Crippen molar-refractivity contribution >= 4 is 23.8 Å². The molecule has 3 heteroatoms. The molecule has 2 nitrogen and oxygen atoms in total. The van der Waals surface area contributed by atoms with Gasteiger partial charge in [-0.25, -0.2) is 0 Å². The van der Waals surface area contributed by atoms with Crippen molar-refractivity contribution in [3.05, 3.63) is 103 Å². The lowest BCUT2D eigenvalue weighted by molar-refractivity contribution is 0.158. The van der Waals surface area contributed by atoms with Gasteiger partial charge < -0.3 is 9.47 Å². The third-order valence-corrected chi connectivity index (χ3v) is 8.55. The number of hydrogen-bond acceptors (Lipinski definition) is 2. The fourth-order valence-corrected chi connectivity index (χ4v) is 6.94. The molecule has 0 fully saturated rings. The molecule has 0 aliphatic carbocycles. The summed E-state index contributed by atoms with van der Waals surface area (Å²) in [4.78, 5) is 0. The highest BCUT2D eigenvalue weighted by atomic mass is 31.1. The van der Waals surface area contributed by atoms with Crippen molar-refractivity contribution in [2.24, 2.45) is 0 Å². The number of rotatable bonds is 3. The van der Waals surface area contributed by atoms with Crippen LogP contribution in [-0.2, 0) is 0 Å². The molecule has 0 saturated heterocycles. The predicted octanol–water partition coefficient (Wildman–Crippen LogP) is 6.44. The molecule has 1 aliphatic heterocycles. The minimum Gasteiger partial charge on any atom is -0.490 e. The quantitative estimate of drug-likeness (QED) is 0.333. The highest BCUT2D eigenvalue weighted by molar-refractivity contribution is 7.80. The molecule has 2 atom stereocenters. The minimum absolute atomic E-state index is 0.120. The van der Waals surface area contributed by atoms with Gasteiger partial charge in [0.1, 0.15) is 11.5 Å². The molecule has 1 aliphatic rings. The number of benzene rings is 4. The Morgan fingerprint density at radius 3 is 1.73 bits per heavy atom. The van der Waals surface area contributed by atoms with Gasteiger partial charge in [0.25, 0.3) is 0 Å². The fourth-order valence-electron chi connectivity index (χ4n) is 4.45. The summed E-state index contributed by atoms with van der Waals surface area (Å²) in [5.41, 5.74) is 2.25. The molecule has 166 valence electrons. The monoisotopic (exact) mass is 452 g/mol. The van der Waals surface area contributed by atoms with Crippen LogP contribution in [-0.4, -0.2) is 12.2 Å². The molecule has 0 bridgehead atoms. The lowest BCUT2D eigenvalue weighted by Crippen LogP contribution is -2.25. The fraction of sp³-hybridized carbons (Fsp3) is 0.200.